The summed E-state index contributed by atoms with van der Waals surface area (Å²) in [6.07, 6.45) is 9.02. The van der Waals surface area contributed by atoms with Crippen molar-refractivity contribution in [2.75, 3.05) is 27.4 Å². The van der Waals surface area contributed by atoms with E-state index >= 15 is 0 Å². The van der Waals surface area contributed by atoms with Crippen LogP contribution >= 0.6 is 0 Å². The first-order valence-corrected chi connectivity index (χ1v) is 8.60. The summed E-state index contributed by atoms with van der Waals surface area (Å²) in [5, 5.41) is 0. The second kappa shape index (κ2) is 10.4. The van der Waals surface area contributed by atoms with Crippen molar-refractivity contribution >= 4 is 6.29 Å². The molecule has 1 aromatic rings. The molecule has 1 saturated heterocycles. The Bertz CT molecular complexity index is 570. The lowest BCUT2D eigenvalue weighted by molar-refractivity contribution is -0.168. The molecule has 25 heavy (non-hydrogen) atoms. The normalized spacial score (nSPS) is 17.7. The first kappa shape index (κ1) is 21.4. The van der Waals surface area contributed by atoms with Crippen LogP contribution in [0.1, 0.15) is 43.7 Å². The molecule has 4 heteroatoms. The van der Waals surface area contributed by atoms with Gasteiger partial charge < -0.3 is 19.0 Å². The zero-order chi connectivity index (χ0) is 18.8. The monoisotopic (exact) mass is 346 g/mol. The summed E-state index contributed by atoms with van der Waals surface area (Å²) in [5.41, 5.74) is 1.65. The number of terminal acetylenes is 1. The first-order chi connectivity index (χ1) is 11.9. The standard InChI is InChI=1S/C19H24O3.C2H6O/c1-4-5-9-19(21-12-13-22-19)11-10-18(3,15-20)17-8-6-7-16(2)14-17;1-3-2/h1,6-8,14-15H,5,9-13H2,2-3H3;1-2H3. The van der Waals surface area contributed by atoms with E-state index in [0.717, 1.165) is 17.4 Å². The molecule has 0 aromatic heterocycles. The van der Waals surface area contributed by atoms with E-state index in [1.54, 1.807) is 14.2 Å². The largest absolute Gasteiger partial charge is 0.388 e. The predicted octanol–water partition coefficient (Wildman–Crippen LogP) is 3.65. The smallest absolute Gasteiger partial charge is 0.169 e. The highest BCUT2D eigenvalue weighted by Gasteiger charge is 2.38. The van der Waals surface area contributed by atoms with E-state index in [1.165, 1.54) is 0 Å². The highest BCUT2D eigenvalue weighted by Crippen LogP contribution is 2.36. The first-order valence-electron chi connectivity index (χ1n) is 8.60. The van der Waals surface area contributed by atoms with Crippen LogP contribution in [0.5, 0.6) is 0 Å². The highest BCUT2D eigenvalue weighted by molar-refractivity contribution is 5.68. The second-order valence-electron chi connectivity index (χ2n) is 6.62. The lowest BCUT2D eigenvalue weighted by atomic mass is 9.78. The number of methoxy groups -OCH3 is 1. The number of benzene rings is 1. The van der Waals surface area contributed by atoms with Gasteiger partial charge in [-0.05, 0) is 25.8 Å². The number of carbonyl (C=O) groups is 1. The summed E-state index contributed by atoms with van der Waals surface area (Å²) < 4.78 is 15.9. The van der Waals surface area contributed by atoms with Crippen molar-refractivity contribution in [3.05, 3.63) is 35.4 Å². The maximum Gasteiger partial charge on any atom is 0.169 e. The van der Waals surface area contributed by atoms with Gasteiger partial charge in [0.05, 0.1) is 13.2 Å². The van der Waals surface area contributed by atoms with Crippen molar-refractivity contribution in [2.24, 2.45) is 0 Å². The lowest BCUT2D eigenvalue weighted by Crippen LogP contribution is -2.34. The minimum Gasteiger partial charge on any atom is -0.388 e. The van der Waals surface area contributed by atoms with Gasteiger partial charge in [0.15, 0.2) is 5.79 Å². The number of hydrogen-bond acceptors (Lipinski definition) is 4. The van der Waals surface area contributed by atoms with Crippen LogP contribution in [-0.2, 0) is 24.4 Å². The number of hydrogen-bond donors (Lipinski definition) is 0. The molecule has 138 valence electrons. The van der Waals surface area contributed by atoms with Gasteiger partial charge in [0, 0.05) is 38.9 Å². The topological polar surface area (TPSA) is 44.8 Å². The minimum atomic E-state index is -0.625. The molecule has 1 aliphatic heterocycles. The van der Waals surface area contributed by atoms with Gasteiger partial charge in [0.2, 0.25) is 0 Å². The van der Waals surface area contributed by atoms with Gasteiger partial charge in [-0.15, -0.1) is 12.3 Å². The van der Waals surface area contributed by atoms with E-state index in [0.29, 0.717) is 38.9 Å². The summed E-state index contributed by atoms with van der Waals surface area (Å²) in [6.45, 7) is 5.19. The Morgan fingerprint density at radius 3 is 2.48 bits per heavy atom. The number of carbonyl (C=O) groups excluding carboxylic acids is 1. The Morgan fingerprint density at radius 2 is 1.96 bits per heavy atom. The molecule has 1 heterocycles. The minimum absolute atomic E-state index is 0.537. The van der Waals surface area contributed by atoms with Gasteiger partial charge >= 0.3 is 0 Å². The van der Waals surface area contributed by atoms with Crippen LogP contribution < -0.4 is 0 Å². The van der Waals surface area contributed by atoms with Crippen LogP contribution in [0.3, 0.4) is 0 Å². The van der Waals surface area contributed by atoms with E-state index < -0.39 is 11.2 Å². The third kappa shape index (κ3) is 6.28. The fourth-order valence-electron chi connectivity index (χ4n) is 2.90. The second-order valence-corrected chi connectivity index (χ2v) is 6.62. The lowest BCUT2D eigenvalue weighted by Gasteiger charge is -2.31. The van der Waals surface area contributed by atoms with Crippen LogP contribution in [0.2, 0.25) is 0 Å². The molecular formula is C21H30O4. The summed E-state index contributed by atoms with van der Waals surface area (Å²) in [5.74, 6) is 2.02. The molecule has 0 saturated carbocycles. The van der Waals surface area contributed by atoms with Crippen molar-refractivity contribution in [2.45, 2.75) is 50.7 Å². The van der Waals surface area contributed by atoms with Crippen LogP contribution in [0.15, 0.2) is 24.3 Å². The quantitative estimate of drug-likeness (QED) is 0.558. The van der Waals surface area contributed by atoms with E-state index in [4.69, 9.17) is 15.9 Å². The molecule has 1 atom stereocenters. The van der Waals surface area contributed by atoms with Crippen LogP contribution in [0, 0.1) is 19.3 Å². The molecule has 0 bridgehead atoms. The van der Waals surface area contributed by atoms with E-state index in [2.05, 4.69) is 16.7 Å². The van der Waals surface area contributed by atoms with Gasteiger partial charge in [-0.1, -0.05) is 29.8 Å². The average molecular weight is 346 g/mol. The van der Waals surface area contributed by atoms with Crippen molar-refractivity contribution in [1.29, 1.82) is 0 Å². The summed E-state index contributed by atoms with van der Waals surface area (Å²) >= 11 is 0. The van der Waals surface area contributed by atoms with E-state index in [-0.39, 0.29) is 0 Å². The molecule has 1 aliphatic rings. The van der Waals surface area contributed by atoms with Gasteiger partial charge in [-0.2, -0.15) is 0 Å². The molecule has 1 unspecified atom stereocenters. The Hall–Kier alpha value is -1.67. The van der Waals surface area contributed by atoms with Gasteiger partial charge in [-0.3, -0.25) is 0 Å². The Morgan fingerprint density at radius 1 is 1.32 bits per heavy atom. The highest BCUT2D eigenvalue weighted by atomic mass is 16.7. The Balaban J connectivity index is 0.000000970. The van der Waals surface area contributed by atoms with Crippen molar-refractivity contribution in [3.63, 3.8) is 0 Å². The van der Waals surface area contributed by atoms with Gasteiger partial charge in [-0.25, -0.2) is 0 Å². The maximum absolute atomic E-state index is 11.7. The summed E-state index contributed by atoms with van der Waals surface area (Å²) in [6, 6.07) is 8.10. The SMILES string of the molecule is C#CCCC1(CCC(C)(C=O)c2cccc(C)c2)OCCO1.COC. The molecule has 4 nitrogen and oxygen atoms in total. The zero-order valence-electron chi connectivity index (χ0n) is 15.8. The van der Waals surface area contributed by atoms with E-state index in [1.807, 2.05) is 32.0 Å². The predicted molar refractivity (Wildman–Crippen MR) is 99.5 cm³/mol. The molecule has 2 rings (SSSR count). The molecule has 1 fully saturated rings. The fraction of sp³-hybridized carbons (Fsp3) is 0.571. The number of rotatable bonds is 7. The van der Waals surface area contributed by atoms with E-state index in [9.17, 15) is 4.79 Å². The van der Waals surface area contributed by atoms with Crippen molar-refractivity contribution in [1.82, 2.24) is 0 Å². The molecule has 0 spiro atoms. The van der Waals surface area contributed by atoms with Crippen molar-refractivity contribution < 1.29 is 19.0 Å². The third-order valence-corrected chi connectivity index (χ3v) is 4.43. The molecule has 0 N–H and O–H groups in total. The average Bonchev–Trinajstić information content (AvgIpc) is 3.08. The molecule has 0 amide bonds. The van der Waals surface area contributed by atoms with Crippen LogP contribution in [0.4, 0.5) is 0 Å². The molecule has 0 aliphatic carbocycles. The van der Waals surface area contributed by atoms with Crippen molar-refractivity contribution in [3.8, 4) is 12.3 Å². The molecule has 0 radical (unpaired) electrons. The zero-order valence-corrected chi connectivity index (χ0v) is 15.8. The Labute approximate surface area is 151 Å². The number of aryl methyl sites for hydroxylation is 1. The third-order valence-electron chi connectivity index (χ3n) is 4.43. The number of aldehydes is 1. The van der Waals surface area contributed by atoms with Crippen LogP contribution in [-0.4, -0.2) is 39.5 Å². The van der Waals surface area contributed by atoms with Gasteiger partial charge in [0.1, 0.15) is 6.29 Å². The summed E-state index contributed by atoms with van der Waals surface area (Å²) in [4.78, 5) is 11.7. The maximum atomic E-state index is 11.7. The molecule has 1 aromatic carbocycles. The molecular weight excluding hydrogens is 316 g/mol. The number of ether oxygens (including phenoxy) is 3. The Kier molecular flexibility index (Phi) is 8.85. The fourth-order valence-corrected chi connectivity index (χ4v) is 2.90. The summed E-state index contributed by atoms with van der Waals surface area (Å²) in [7, 11) is 3.25. The van der Waals surface area contributed by atoms with Crippen LogP contribution in [0.25, 0.3) is 0 Å². The van der Waals surface area contributed by atoms with Gasteiger partial charge in [0.25, 0.3) is 0 Å².